The van der Waals surface area contributed by atoms with Crippen LogP contribution in [-0.2, 0) is 10.8 Å². The second-order valence-corrected chi connectivity index (χ2v) is 16.0. The third-order valence-electron chi connectivity index (χ3n) is 12.7. The second kappa shape index (κ2) is 11.6. The van der Waals surface area contributed by atoms with Crippen LogP contribution in [0, 0.1) is 5.41 Å². The van der Waals surface area contributed by atoms with E-state index in [1.807, 2.05) is 12.1 Å². The van der Waals surface area contributed by atoms with Gasteiger partial charge in [-0.25, -0.2) is 9.97 Å². The fourth-order valence-corrected chi connectivity index (χ4v) is 8.50. The van der Waals surface area contributed by atoms with Gasteiger partial charge in [-0.15, -0.1) is 0 Å². The molecule has 9 rings (SSSR count). The molecule has 0 bridgehead atoms. The molecule has 1 aliphatic carbocycles. The molecule has 52 heavy (non-hydrogen) atoms. The van der Waals surface area contributed by atoms with E-state index in [4.69, 9.17) is 9.97 Å². The maximum Gasteiger partial charge on any atom is 0.160 e. The summed E-state index contributed by atoms with van der Waals surface area (Å²) in [5, 5.41) is 2.46. The Balaban J connectivity index is 1.29. The van der Waals surface area contributed by atoms with Gasteiger partial charge in [-0.05, 0) is 87.0 Å². The first kappa shape index (κ1) is 32.1. The molecule has 2 aromatic heterocycles. The maximum absolute atomic E-state index is 5.19. The van der Waals surface area contributed by atoms with Gasteiger partial charge in [0.1, 0.15) is 0 Å². The van der Waals surface area contributed by atoms with Crippen molar-refractivity contribution < 1.29 is 0 Å². The summed E-state index contributed by atoms with van der Waals surface area (Å²) in [5.41, 5.74) is 13.9. The molecule has 0 saturated carbocycles. The largest absolute Gasteiger partial charge is 0.309 e. The van der Waals surface area contributed by atoms with E-state index >= 15 is 0 Å². The van der Waals surface area contributed by atoms with Crippen LogP contribution in [-0.4, -0.2) is 14.5 Å². The topological polar surface area (TPSA) is 30.7 Å². The van der Waals surface area contributed by atoms with Crippen LogP contribution in [0.2, 0.25) is 0 Å². The number of fused-ring (bicyclic) bond motifs is 4. The third kappa shape index (κ3) is 4.79. The zero-order valence-electron chi connectivity index (χ0n) is 30.8. The zero-order valence-corrected chi connectivity index (χ0v) is 30.8. The molecule has 0 spiro atoms. The van der Waals surface area contributed by atoms with Crippen molar-refractivity contribution in [2.75, 3.05) is 0 Å². The minimum atomic E-state index is -0.0128. The third-order valence-corrected chi connectivity index (χ3v) is 12.7. The Labute approximate surface area is 306 Å². The molecule has 0 aliphatic heterocycles. The lowest BCUT2D eigenvalue weighted by atomic mass is 9.59. The fraction of sp³-hybridized carbons (Fsp3) is 0.184. The van der Waals surface area contributed by atoms with Gasteiger partial charge in [0.2, 0.25) is 0 Å². The van der Waals surface area contributed by atoms with Crippen LogP contribution in [0.4, 0.5) is 0 Å². The van der Waals surface area contributed by atoms with Gasteiger partial charge in [0.15, 0.2) is 5.82 Å². The van der Waals surface area contributed by atoms with E-state index in [9.17, 15) is 0 Å². The Morgan fingerprint density at radius 3 is 1.42 bits per heavy atom. The van der Waals surface area contributed by atoms with Crippen LogP contribution in [0.15, 0.2) is 152 Å². The Morgan fingerprint density at radius 1 is 0.404 bits per heavy atom. The van der Waals surface area contributed by atoms with Crippen molar-refractivity contribution in [3.05, 3.63) is 163 Å². The van der Waals surface area contributed by atoms with Crippen molar-refractivity contribution in [1.82, 2.24) is 14.5 Å². The molecular weight excluding hydrogens is 631 g/mol. The van der Waals surface area contributed by atoms with E-state index in [0.29, 0.717) is 0 Å². The van der Waals surface area contributed by atoms with E-state index in [0.717, 1.165) is 39.6 Å². The number of nitrogens with zero attached hydrogens (tertiary/aromatic N) is 3. The minimum absolute atomic E-state index is 0.0107. The number of aromatic nitrogens is 3. The predicted molar refractivity (Wildman–Crippen MR) is 218 cm³/mol. The summed E-state index contributed by atoms with van der Waals surface area (Å²) < 4.78 is 2.45. The van der Waals surface area contributed by atoms with Crippen LogP contribution < -0.4 is 0 Å². The van der Waals surface area contributed by atoms with Crippen molar-refractivity contribution in [2.45, 2.75) is 52.4 Å². The number of hydrogen-bond acceptors (Lipinski definition) is 2. The SMILES string of the molecule is CC1(C)c2cc3c4cc(-c5nc(-c6ccccc6)cc(-c6ccccc6)n5)ccc4n(-c4ccc(-c5ccccc5)cc4)c3cc2C(C)(C)C1(C)C. The molecule has 1 aliphatic rings. The molecule has 0 unspecified atom stereocenters. The van der Waals surface area contributed by atoms with Gasteiger partial charge in [-0.2, -0.15) is 0 Å². The van der Waals surface area contributed by atoms with Gasteiger partial charge in [-0.1, -0.05) is 145 Å². The van der Waals surface area contributed by atoms with Gasteiger partial charge >= 0.3 is 0 Å². The zero-order chi connectivity index (χ0) is 35.8. The molecule has 0 radical (unpaired) electrons. The van der Waals surface area contributed by atoms with Gasteiger partial charge in [0, 0.05) is 33.2 Å². The van der Waals surface area contributed by atoms with Gasteiger partial charge in [0.05, 0.1) is 22.4 Å². The van der Waals surface area contributed by atoms with Crippen LogP contribution in [0.25, 0.3) is 72.5 Å². The first-order valence-corrected chi connectivity index (χ1v) is 18.3. The highest BCUT2D eigenvalue weighted by molar-refractivity contribution is 6.11. The van der Waals surface area contributed by atoms with Crippen LogP contribution >= 0.6 is 0 Å². The van der Waals surface area contributed by atoms with Crippen molar-refractivity contribution in [3.63, 3.8) is 0 Å². The van der Waals surface area contributed by atoms with Crippen LogP contribution in [0.1, 0.15) is 52.7 Å². The van der Waals surface area contributed by atoms with Crippen molar-refractivity contribution >= 4 is 21.8 Å². The lowest BCUT2D eigenvalue weighted by molar-refractivity contribution is 0.125. The molecule has 0 fully saturated rings. The van der Waals surface area contributed by atoms with E-state index in [1.165, 1.54) is 44.1 Å². The van der Waals surface area contributed by atoms with Crippen LogP contribution in [0.3, 0.4) is 0 Å². The highest BCUT2D eigenvalue weighted by atomic mass is 15.0. The Hall–Kier alpha value is -5.80. The fourth-order valence-electron chi connectivity index (χ4n) is 8.50. The van der Waals surface area contributed by atoms with Gasteiger partial charge < -0.3 is 4.57 Å². The Bertz CT molecular complexity index is 2550. The number of rotatable bonds is 5. The number of benzene rings is 6. The molecule has 3 nitrogen and oxygen atoms in total. The average Bonchev–Trinajstić information content (AvgIpc) is 3.55. The van der Waals surface area contributed by atoms with E-state index in [-0.39, 0.29) is 16.2 Å². The quantitative estimate of drug-likeness (QED) is 0.182. The molecule has 0 N–H and O–H groups in total. The highest BCUT2D eigenvalue weighted by Crippen LogP contribution is 2.62. The lowest BCUT2D eigenvalue weighted by Crippen LogP contribution is -2.42. The van der Waals surface area contributed by atoms with Gasteiger partial charge in [-0.3, -0.25) is 0 Å². The summed E-state index contributed by atoms with van der Waals surface area (Å²) in [5.74, 6) is 0.721. The smallest absolute Gasteiger partial charge is 0.160 e. The van der Waals surface area contributed by atoms with Crippen molar-refractivity contribution in [3.8, 4) is 50.7 Å². The van der Waals surface area contributed by atoms with E-state index < -0.39 is 0 Å². The summed E-state index contributed by atoms with van der Waals surface area (Å²) in [4.78, 5) is 10.4. The predicted octanol–water partition coefficient (Wildman–Crippen LogP) is 12.8. The summed E-state index contributed by atoms with van der Waals surface area (Å²) in [6.07, 6.45) is 0. The molecule has 0 amide bonds. The summed E-state index contributed by atoms with van der Waals surface area (Å²) in [7, 11) is 0. The Morgan fingerprint density at radius 2 is 0.865 bits per heavy atom. The van der Waals surface area contributed by atoms with Crippen LogP contribution in [0.5, 0.6) is 0 Å². The van der Waals surface area contributed by atoms with Crippen molar-refractivity contribution in [2.24, 2.45) is 5.41 Å². The molecule has 8 aromatic rings. The molecule has 254 valence electrons. The van der Waals surface area contributed by atoms with Crippen molar-refractivity contribution in [1.29, 1.82) is 0 Å². The molecule has 0 saturated heterocycles. The molecule has 6 aromatic carbocycles. The van der Waals surface area contributed by atoms with E-state index in [2.05, 4.69) is 186 Å². The highest BCUT2D eigenvalue weighted by Gasteiger charge is 2.57. The first-order chi connectivity index (χ1) is 25.0. The molecule has 3 heteroatoms. The lowest BCUT2D eigenvalue weighted by Gasteiger charge is -2.44. The summed E-state index contributed by atoms with van der Waals surface area (Å²) >= 11 is 0. The Kier molecular flexibility index (Phi) is 7.18. The maximum atomic E-state index is 5.19. The average molecular weight is 674 g/mol. The molecule has 2 heterocycles. The molecule has 0 atom stereocenters. The molecular formula is C49H43N3. The first-order valence-electron chi connectivity index (χ1n) is 18.3. The standard InChI is InChI=1S/C49H43N3/c1-47(2)40-29-39-38-28-36(46-50-42(34-18-12-8-13-19-34)31-43(51-46)35-20-14-9-15-21-35)24-27-44(38)52(45(39)30-41(40)48(3,4)49(47,5)6)37-25-22-33(23-26-37)32-16-10-7-11-17-32/h7-31H,1-6H3. The second-order valence-electron chi connectivity index (χ2n) is 16.0. The normalized spacial score (nSPS) is 15.6. The van der Waals surface area contributed by atoms with E-state index in [1.54, 1.807) is 0 Å². The summed E-state index contributed by atoms with van der Waals surface area (Å²) in [6.45, 7) is 14.6. The minimum Gasteiger partial charge on any atom is -0.309 e. The number of hydrogen-bond donors (Lipinski definition) is 0. The monoisotopic (exact) mass is 673 g/mol. The van der Waals surface area contributed by atoms with Gasteiger partial charge in [0.25, 0.3) is 0 Å². The summed E-state index contributed by atoms with van der Waals surface area (Å²) in [6, 6.07) is 54.3.